The molecule has 5 N–H and O–H groups in total. The third-order valence-corrected chi connectivity index (χ3v) is 4.82. The summed E-state index contributed by atoms with van der Waals surface area (Å²) in [5.74, 6) is -3.97. The van der Waals surface area contributed by atoms with Gasteiger partial charge in [0.2, 0.25) is 0 Å². The monoisotopic (exact) mass is 692 g/mol. The predicted octanol–water partition coefficient (Wildman–Crippen LogP) is -3.14. The zero-order valence-electron chi connectivity index (χ0n) is 27.6. The molecule has 21 heteroatoms. The molecule has 3 radical (unpaired) electrons. The van der Waals surface area contributed by atoms with Crippen LogP contribution in [0.25, 0.3) is 0 Å². The second kappa shape index (κ2) is 34.9. The van der Waals surface area contributed by atoms with Gasteiger partial charge in [0, 0.05) is 21.0 Å². The summed E-state index contributed by atoms with van der Waals surface area (Å²) in [5.41, 5.74) is 1.08. The molecule has 0 bridgehead atoms. The Balaban J connectivity index is -0.0000000932. The van der Waals surface area contributed by atoms with Crippen molar-refractivity contribution < 1.29 is 119 Å². The van der Waals surface area contributed by atoms with Gasteiger partial charge in [-0.15, -0.1) is 0 Å². The third kappa shape index (κ3) is 20.2. The normalized spacial score (nSPS) is 7.88. The van der Waals surface area contributed by atoms with Crippen LogP contribution in [0.4, 0.5) is 0 Å². The maximum absolute atomic E-state index is 12.1. The molecule has 0 aliphatic heterocycles. The number of aryl methyl sites for hydroxylation is 2. The molecule has 0 heterocycles. The predicted molar refractivity (Wildman–Crippen MR) is 157 cm³/mol. The van der Waals surface area contributed by atoms with Gasteiger partial charge < -0.3 is 40.1 Å². The first-order chi connectivity index (χ1) is 21.3. The van der Waals surface area contributed by atoms with Crippen LogP contribution in [0.1, 0.15) is 72.5 Å². The van der Waals surface area contributed by atoms with Gasteiger partial charge in [0.25, 0.3) is 12.9 Å². The number of rotatable bonds is 10. The first kappa shape index (κ1) is 55.5. The number of hydrogen-bond acceptors (Lipinski definition) is 15. The zero-order valence-corrected chi connectivity index (χ0v) is 27.6. The van der Waals surface area contributed by atoms with Crippen LogP contribution < -0.4 is 29.6 Å². The number of hydrogen-bond donors (Lipinski definition) is 2. The minimum Gasteiger partial charge on any atom is -0.870 e. The zero-order chi connectivity index (χ0) is 35.5. The van der Waals surface area contributed by atoms with Crippen LogP contribution in [0, 0.1) is 13.8 Å². The summed E-state index contributed by atoms with van der Waals surface area (Å²) in [6.45, 7) is 3.14. The van der Waals surface area contributed by atoms with Crippen molar-refractivity contribution in [3.8, 4) is 0 Å². The summed E-state index contributed by atoms with van der Waals surface area (Å²) in [6.07, 6.45) is 0.500. The van der Waals surface area contributed by atoms with Gasteiger partial charge in [-0.1, -0.05) is 25.6 Å². The van der Waals surface area contributed by atoms with Crippen molar-refractivity contribution in [1.82, 2.24) is 0 Å². The number of carbonyl (C=O) groups is 6. The van der Waals surface area contributed by atoms with E-state index in [1.807, 2.05) is 0 Å². The van der Waals surface area contributed by atoms with Crippen molar-refractivity contribution in [3.05, 3.63) is 68.8 Å². The topological polar surface area (TPSA) is 310 Å². The maximum atomic E-state index is 12.1. The van der Waals surface area contributed by atoms with Crippen LogP contribution in [0.3, 0.4) is 0 Å². The smallest absolute Gasteiger partial charge is 0.870 e. The van der Waals surface area contributed by atoms with E-state index in [1.165, 1.54) is 19.2 Å². The number of carbonyl (C=O) groups excluding carboxylic acids is 8. The summed E-state index contributed by atoms with van der Waals surface area (Å²) in [7, 11) is 7.46. The summed E-state index contributed by atoms with van der Waals surface area (Å²) < 4.78 is 24.7. The molecule has 0 fully saturated rings. The van der Waals surface area contributed by atoms with E-state index >= 15 is 0 Å². The van der Waals surface area contributed by atoms with Crippen LogP contribution in [-0.4, -0.2) is 101 Å². The number of methoxy groups -OCH3 is 2. The fourth-order valence-electron chi connectivity index (χ4n) is 3.29. The molecule has 2 aromatic carbocycles. The molecule has 0 amide bonds. The van der Waals surface area contributed by atoms with Crippen molar-refractivity contribution in [2.45, 2.75) is 34.5 Å². The van der Waals surface area contributed by atoms with Gasteiger partial charge in [0.15, 0.2) is 0 Å². The van der Waals surface area contributed by atoms with Crippen LogP contribution in [0.15, 0.2) is 24.3 Å². The Labute approximate surface area is 301 Å². The number of benzene rings is 2. The van der Waals surface area contributed by atoms with Gasteiger partial charge in [-0.3, -0.25) is 9.59 Å². The fourth-order valence-corrected chi connectivity index (χ4v) is 3.29. The van der Waals surface area contributed by atoms with E-state index in [0.717, 1.165) is 14.8 Å². The van der Waals surface area contributed by atoms with Crippen molar-refractivity contribution in [3.63, 3.8) is 0 Å². The summed E-state index contributed by atoms with van der Waals surface area (Å²) in [6, 6.07) is 5.91. The molecular formula is C27H33B2NaO18+. The van der Waals surface area contributed by atoms with E-state index in [1.54, 1.807) is 26.0 Å². The average molecular weight is 692 g/mol. The first-order valence-corrected chi connectivity index (χ1v) is 11.2. The second-order valence-electron chi connectivity index (χ2n) is 7.15. The molecule has 2 aromatic rings. The van der Waals surface area contributed by atoms with Crippen molar-refractivity contribution in [1.29, 1.82) is 1.34 Å². The van der Waals surface area contributed by atoms with Gasteiger partial charge in [-0.2, -0.15) is 19.2 Å². The molecule has 255 valence electrons. The van der Waals surface area contributed by atoms with E-state index in [4.69, 9.17) is 44.9 Å². The summed E-state index contributed by atoms with van der Waals surface area (Å²) in [4.78, 5) is 98.8. The van der Waals surface area contributed by atoms with E-state index in [-0.39, 0.29) is 116 Å². The van der Waals surface area contributed by atoms with Crippen LogP contribution >= 0.6 is 0 Å². The van der Waals surface area contributed by atoms with E-state index in [9.17, 15) is 28.8 Å². The SMILES string of the molecule is C.COC(=O)c1c(C)cc(COC=O)c(COC=O)c1C(=O)OC.Cc1cccc(C(=O)O)c1C(=O)O.O.O=C=O.O=C=O.[3H][B][B].[H+].[Na+].[OH-]. The van der Waals surface area contributed by atoms with Crippen molar-refractivity contribution in [2.75, 3.05) is 14.2 Å². The van der Waals surface area contributed by atoms with E-state index < -0.39 is 23.9 Å². The Morgan fingerprint density at radius 3 is 1.65 bits per heavy atom. The molecular weight excluding hydrogens is 657 g/mol. The summed E-state index contributed by atoms with van der Waals surface area (Å²) in [5, 5.41) is 17.4. The number of ether oxygens (including phenoxy) is 4. The Morgan fingerprint density at radius 1 is 0.875 bits per heavy atom. The molecule has 0 aliphatic carbocycles. The molecule has 48 heavy (non-hydrogen) atoms. The van der Waals surface area contributed by atoms with Gasteiger partial charge in [-0.25, -0.2) is 19.2 Å². The Morgan fingerprint density at radius 2 is 1.29 bits per heavy atom. The van der Waals surface area contributed by atoms with Crippen LogP contribution in [0.5, 0.6) is 0 Å². The molecule has 0 saturated carbocycles. The quantitative estimate of drug-likeness (QED) is 0.108. The van der Waals surface area contributed by atoms with Crippen LogP contribution in [-0.2, 0) is 60.9 Å². The van der Waals surface area contributed by atoms with E-state index in [2.05, 4.69) is 12.5 Å². The summed E-state index contributed by atoms with van der Waals surface area (Å²) >= 11 is 0. The molecule has 2 rings (SSSR count). The molecule has 0 saturated heterocycles. The van der Waals surface area contributed by atoms with Gasteiger partial charge in [0.05, 0.1) is 36.5 Å². The number of carboxylic acid groups (broad SMARTS) is 2. The van der Waals surface area contributed by atoms with Gasteiger partial charge in [-0.05, 0) is 37.9 Å². The Kier molecular flexibility index (Phi) is 40.4. The van der Waals surface area contributed by atoms with Gasteiger partial charge >= 0.3 is 67.2 Å². The molecule has 0 spiro atoms. The Bertz CT molecular complexity index is 1390. The molecule has 0 aromatic heterocycles. The number of esters is 2. The second-order valence-corrected chi connectivity index (χ2v) is 7.15. The minimum absolute atomic E-state index is 0. The maximum Gasteiger partial charge on any atom is 1.00 e. The largest absolute Gasteiger partial charge is 1.00 e. The number of aromatic carboxylic acids is 2. The average Bonchev–Trinajstić information content (AvgIpc) is 2.99. The Hall–Kier alpha value is -4.93. The molecule has 0 atom stereocenters. The van der Waals surface area contributed by atoms with Gasteiger partial charge in [0.1, 0.15) is 13.2 Å². The van der Waals surface area contributed by atoms with E-state index in [0.29, 0.717) is 16.7 Å². The van der Waals surface area contributed by atoms with Crippen molar-refractivity contribution in [2.24, 2.45) is 0 Å². The third-order valence-electron chi connectivity index (χ3n) is 4.82. The fraction of sp³-hybridized carbons (Fsp3) is 0.259. The van der Waals surface area contributed by atoms with Crippen molar-refractivity contribution >= 4 is 64.6 Å². The van der Waals surface area contributed by atoms with Crippen LogP contribution in [0.2, 0.25) is 0 Å². The minimum atomic E-state index is -1.22. The molecule has 0 aliphatic rings. The number of carboxylic acids is 2. The standard InChI is InChI=1S/C15H16O8.C9H8O4.2CO2.CH4.B2H.Na.2H2O/c1-9-4-10(5-22-7-16)11(6-23-8-17)13(15(19)21-3)12(9)14(18)20-2;1-5-3-2-4-6(8(10)11)7(5)9(12)13;2*2-1-3;;1-2;;;/h4,7-8H,5-6H2,1-3H3;2-4H,1H3,(H,10,11)(H,12,13);;;1H4;1H;;2*1H2/q;;;;;;+1;;/i;;;;;1T;;;. The first-order valence-electron chi connectivity index (χ1n) is 11.8. The molecule has 0 unspecified atom stereocenters. The molecule has 18 nitrogen and oxygen atoms in total.